The number of carbonyl (C=O) groups is 3. The van der Waals surface area contributed by atoms with Crippen molar-refractivity contribution < 1.29 is 28.2 Å². The third-order valence-electron chi connectivity index (χ3n) is 4.29. The number of para-hydroxylation sites is 1. The predicted molar refractivity (Wildman–Crippen MR) is 112 cm³/mol. The van der Waals surface area contributed by atoms with Crippen LogP contribution in [0.2, 0.25) is 0 Å². The van der Waals surface area contributed by atoms with Gasteiger partial charge in [0.2, 0.25) is 5.91 Å². The molecule has 0 radical (unpaired) electrons. The van der Waals surface area contributed by atoms with Crippen molar-refractivity contribution in [1.82, 2.24) is 10.2 Å². The number of urea groups is 1. The minimum atomic E-state index is -0.740. The summed E-state index contributed by atoms with van der Waals surface area (Å²) in [5.41, 5.74) is 0.580. The quantitative estimate of drug-likeness (QED) is 0.498. The highest BCUT2D eigenvalue weighted by Gasteiger charge is 2.35. The average molecular weight is 427 g/mol. The summed E-state index contributed by atoms with van der Waals surface area (Å²) in [6.45, 7) is 4.05. The normalized spacial score (nSPS) is 14.5. The van der Waals surface area contributed by atoms with Crippen LogP contribution in [0.25, 0.3) is 6.08 Å². The fraction of sp³-hybridized carbons (Fsp3) is 0.227. The highest BCUT2D eigenvalue weighted by molar-refractivity contribution is 6.15. The number of carbonyl (C=O) groups excluding carboxylic acids is 3. The van der Waals surface area contributed by atoms with Crippen molar-refractivity contribution in [2.45, 2.75) is 13.8 Å². The Bertz CT molecular complexity index is 1040. The van der Waals surface area contributed by atoms with Gasteiger partial charge in [0.25, 0.3) is 5.91 Å². The van der Waals surface area contributed by atoms with E-state index in [9.17, 15) is 18.8 Å². The molecule has 3 rings (SSSR count). The number of nitrogens with zero attached hydrogens (tertiary/aromatic N) is 1. The van der Waals surface area contributed by atoms with Crippen LogP contribution in [-0.4, -0.2) is 42.5 Å². The summed E-state index contributed by atoms with van der Waals surface area (Å²) in [7, 11) is 0. The molecule has 31 heavy (non-hydrogen) atoms. The molecule has 4 amide bonds. The van der Waals surface area contributed by atoms with E-state index >= 15 is 0 Å². The van der Waals surface area contributed by atoms with Gasteiger partial charge in [0.1, 0.15) is 18.1 Å². The molecule has 0 atom stereocenters. The second-order valence-electron chi connectivity index (χ2n) is 6.48. The molecule has 0 unspecified atom stereocenters. The third-order valence-corrected chi connectivity index (χ3v) is 4.29. The van der Waals surface area contributed by atoms with Crippen molar-refractivity contribution in [3.05, 3.63) is 59.5 Å². The highest BCUT2D eigenvalue weighted by atomic mass is 19.1. The summed E-state index contributed by atoms with van der Waals surface area (Å²) >= 11 is 0. The van der Waals surface area contributed by atoms with Crippen molar-refractivity contribution in [3.8, 4) is 11.5 Å². The van der Waals surface area contributed by atoms with Crippen LogP contribution >= 0.6 is 0 Å². The van der Waals surface area contributed by atoms with E-state index in [1.54, 1.807) is 24.3 Å². The number of amides is 4. The summed E-state index contributed by atoms with van der Waals surface area (Å²) in [6.07, 6.45) is 1.48. The topological polar surface area (TPSA) is 97.0 Å². The van der Waals surface area contributed by atoms with E-state index in [0.717, 1.165) is 4.90 Å². The summed E-state index contributed by atoms with van der Waals surface area (Å²) in [6, 6.07) is 9.99. The van der Waals surface area contributed by atoms with E-state index in [1.165, 1.54) is 24.3 Å². The van der Waals surface area contributed by atoms with Gasteiger partial charge in [-0.3, -0.25) is 9.59 Å². The molecular weight excluding hydrogens is 405 g/mol. The molecule has 9 heteroatoms. The molecular formula is C22H22FN3O5. The van der Waals surface area contributed by atoms with Crippen LogP contribution in [0.5, 0.6) is 11.5 Å². The van der Waals surface area contributed by atoms with Crippen molar-refractivity contribution in [2.75, 3.05) is 25.1 Å². The van der Waals surface area contributed by atoms with Gasteiger partial charge in [-0.25, -0.2) is 14.1 Å². The van der Waals surface area contributed by atoms with Crippen molar-refractivity contribution >= 4 is 29.6 Å². The Morgan fingerprint density at radius 1 is 1.10 bits per heavy atom. The molecule has 162 valence electrons. The molecule has 2 aromatic rings. The van der Waals surface area contributed by atoms with E-state index in [0.29, 0.717) is 30.3 Å². The van der Waals surface area contributed by atoms with Gasteiger partial charge < -0.3 is 20.1 Å². The summed E-state index contributed by atoms with van der Waals surface area (Å²) < 4.78 is 24.8. The minimum absolute atomic E-state index is 0.00954. The number of nitrogens with one attached hydrogen (secondary N) is 2. The number of imide groups is 1. The molecule has 1 aliphatic rings. The van der Waals surface area contributed by atoms with Crippen LogP contribution in [0, 0.1) is 5.82 Å². The second-order valence-corrected chi connectivity index (χ2v) is 6.48. The molecule has 2 N–H and O–H groups in total. The van der Waals surface area contributed by atoms with E-state index in [1.807, 2.05) is 13.8 Å². The number of hydrogen-bond acceptors (Lipinski definition) is 5. The van der Waals surface area contributed by atoms with Gasteiger partial charge in [-0.15, -0.1) is 0 Å². The van der Waals surface area contributed by atoms with Crippen LogP contribution in [0.4, 0.5) is 14.9 Å². The zero-order chi connectivity index (χ0) is 22.4. The zero-order valence-corrected chi connectivity index (χ0v) is 17.1. The Morgan fingerprint density at radius 3 is 2.52 bits per heavy atom. The van der Waals surface area contributed by atoms with Crippen LogP contribution in [0.3, 0.4) is 0 Å². The fourth-order valence-electron chi connectivity index (χ4n) is 2.94. The molecule has 8 nitrogen and oxygen atoms in total. The number of halogens is 1. The Hall–Kier alpha value is -3.88. The number of hydrogen-bond donors (Lipinski definition) is 2. The van der Waals surface area contributed by atoms with Crippen LogP contribution in [0.1, 0.15) is 19.4 Å². The molecule has 1 heterocycles. The monoisotopic (exact) mass is 427 g/mol. The first-order valence-corrected chi connectivity index (χ1v) is 9.71. The Balaban J connectivity index is 1.73. The van der Waals surface area contributed by atoms with Gasteiger partial charge in [0, 0.05) is 0 Å². The molecule has 0 aromatic heterocycles. The zero-order valence-electron chi connectivity index (χ0n) is 17.1. The van der Waals surface area contributed by atoms with Gasteiger partial charge in [-0.05, 0) is 49.8 Å². The maximum atomic E-state index is 13.7. The lowest BCUT2D eigenvalue weighted by molar-refractivity contribution is -0.127. The van der Waals surface area contributed by atoms with Crippen molar-refractivity contribution in [3.63, 3.8) is 0 Å². The smallest absolute Gasteiger partial charge is 0.329 e. The van der Waals surface area contributed by atoms with Gasteiger partial charge in [0.15, 0.2) is 11.5 Å². The minimum Gasteiger partial charge on any atom is -0.490 e. The molecule has 1 aliphatic heterocycles. The summed E-state index contributed by atoms with van der Waals surface area (Å²) in [5, 5.41) is 4.79. The fourth-order valence-corrected chi connectivity index (χ4v) is 2.94. The van der Waals surface area contributed by atoms with E-state index in [4.69, 9.17) is 9.47 Å². The Labute approximate surface area is 178 Å². The van der Waals surface area contributed by atoms with Gasteiger partial charge in [-0.1, -0.05) is 18.2 Å². The lowest BCUT2D eigenvalue weighted by Crippen LogP contribution is -2.38. The Morgan fingerprint density at radius 2 is 1.81 bits per heavy atom. The maximum absolute atomic E-state index is 13.7. The number of anilines is 1. The summed E-state index contributed by atoms with van der Waals surface area (Å²) in [4.78, 5) is 37.8. The van der Waals surface area contributed by atoms with Gasteiger partial charge >= 0.3 is 6.03 Å². The first-order valence-electron chi connectivity index (χ1n) is 9.71. The van der Waals surface area contributed by atoms with Crippen LogP contribution < -0.4 is 20.1 Å². The summed E-state index contributed by atoms with van der Waals surface area (Å²) in [5.74, 6) is -0.902. The number of rotatable bonds is 8. The molecule has 1 saturated heterocycles. The highest BCUT2D eigenvalue weighted by Crippen LogP contribution is 2.29. The van der Waals surface area contributed by atoms with Crippen LogP contribution in [-0.2, 0) is 9.59 Å². The first-order chi connectivity index (χ1) is 14.9. The van der Waals surface area contributed by atoms with Crippen molar-refractivity contribution in [2.24, 2.45) is 0 Å². The van der Waals surface area contributed by atoms with Gasteiger partial charge in [0.05, 0.1) is 18.9 Å². The molecule has 0 spiro atoms. The largest absolute Gasteiger partial charge is 0.490 e. The molecule has 0 bridgehead atoms. The molecule has 0 saturated carbocycles. The van der Waals surface area contributed by atoms with Crippen molar-refractivity contribution in [1.29, 1.82) is 0 Å². The molecule has 1 fully saturated rings. The van der Waals surface area contributed by atoms with E-state index in [-0.39, 0.29) is 11.4 Å². The standard InChI is InChI=1S/C22H22FN3O5/c1-3-30-18-10-9-14(12-19(18)31-4-2)11-17-21(28)26(22(29)25-17)13-20(27)24-16-8-6-5-7-15(16)23/h5-12H,3-4,13H2,1-2H3,(H,24,27)(H,25,29)/b17-11+. The second kappa shape index (κ2) is 9.75. The Kier molecular flexibility index (Phi) is 6.86. The lowest BCUT2D eigenvalue weighted by Gasteiger charge is -2.12. The van der Waals surface area contributed by atoms with Crippen LogP contribution in [0.15, 0.2) is 48.2 Å². The van der Waals surface area contributed by atoms with E-state index in [2.05, 4.69) is 10.6 Å². The number of ether oxygens (including phenoxy) is 2. The molecule has 0 aliphatic carbocycles. The average Bonchev–Trinajstić information content (AvgIpc) is 2.99. The third kappa shape index (κ3) is 5.19. The predicted octanol–water partition coefficient (Wildman–Crippen LogP) is 3.15. The molecule has 2 aromatic carbocycles. The number of benzene rings is 2. The SMILES string of the molecule is CCOc1ccc(/C=C2/NC(=O)N(CC(=O)Nc3ccccc3F)C2=O)cc1OCC. The van der Waals surface area contributed by atoms with E-state index < -0.39 is 30.2 Å². The maximum Gasteiger partial charge on any atom is 0.329 e. The van der Waals surface area contributed by atoms with Gasteiger partial charge in [-0.2, -0.15) is 0 Å². The lowest BCUT2D eigenvalue weighted by atomic mass is 10.1. The first kappa shape index (κ1) is 21.8.